The normalized spacial score (nSPS) is 13.0. The van der Waals surface area contributed by atoms with Crippen molar-refractivity contribution in [3.63, 3.8) is 0 Å². The lowest BCUT2D eigenvalue weighted by Gasteiger charge is -2.20. The average molecular weight is 407 g/mol. The van der Waals surface area contributed by atoms with Crippen LogP contribution in [-0.2, 0) is 12.8 Å². The molecule has 1 N–H and O–H groups in total. The molecule has 0 spiro atoms. The van der Waals surface area contributed by atoms with Gasteiger partial charge in [-0.3, -0.25) is 4.79 Å². The van der Waals surface area contributed by atoms with Gasteiger partial charge in [-0.25, -0.2) is 4.39 Å². The van der Waals surface area contributed by atoms with Crippen LogP contribution in [0.2, 0.25) is 0 Å². The number of nitrogens with one attached hydrogen (secondary N) is 1. The van der Waals surface area contributed by atoms with Crippen molar-refractivity contribution in [1.29, 1.82) is 0 Å². The molecule has 0 aromatic heterocycles. The van der Waals surface area contributed by atoms with E-state index >= 15 is 0 Å². The van der Waals surface area contributed by atoms with Gasteiger partial charge in [-0.2, -0.15) is 0 Å². The van der Waals surface area contributed by atoms with Crippen LogP contribution in [0.15, 0.2) is 66.7 Å². The first kappa shape index (κ1) is 19.8. The predicted octanol–water partition coefficient (Wildman–Crippen LogP) is 4.15. The molecule has 4 rings (SSSR count). The first-order valence-electron chi connectivity index (χ1n) is 9.68. The van der Waals surface area contributed by atoms with Crippen LogP contribution in [-0.4, -0.2) is 25.9 Å². The van der Waals surface area contributed by atoms with Crippen LogP contribution >= 0.6 is 0 Å². The molecule has 5 nitrogen and oxygen atoms in total. The van der Waals surface area contributed by atoms with Gasteiger partial charge in [-0.15, -0.1) is 0 Å². The summed E-state index contributed by atoms with van der Waals surface area (Å²) in [5, 5.41) is 3.04. The Morgan fingerprint density at radius 1 is 1.00 bits per heavy atom. The highest BCUT2D eigenvalue weighted by molar-refractivity contribution is 5.94. The fraction of sp³-hybridized carbons (Fsp3) is 0.208. The molecule has 0 aliphatic carbocycles. The lowest BCUT2D eigenvalue weighted by molar-refractivity contribution is 0.0936. The van der Waals surface area contributed by atoms with Gasteiger partial charge in [0.1, 0.15) is 11.6 Å². The maximum atomic E-state index is 13.5. The highest BCUT2D eigenvalue weighted by Crippen LogP contribution is 2.33. The number of hydrogen-bond donors (Lipinski definition) is 1. The van der Waals surface area contributed by atoms with E-state index < -0.39 is 5.82 Å². The van der Waals surface area contributed by atoms with Crippen molar-refractivity contribution in [2.45, 2.75) is 18.9 Å². The molecule has 1 aliphatic heterocycles. The van der Waals surface area contributed by atoms with Gasteiger partial charge in [0.2, 0.25) is 6.79 Å². The minimum atomic E-state index is -0.440. The summed E-state index contributed by atoms with van der Waals surface area (Å²) in [7, 11) is 1.62. The highest BCUT2D eigenvalue weighted by Gasteiger charge is 2.19. The molecule has 1 heterocycles. The number of carbonyl (C=O) groups is 1. The maximum absolute atomic E-state index is 13.5. The minimum absolute atomic E-state index is 0.200. The van der Waals surface area contributed by atoms with Crippen LogP contribution in [0.5, 0.6) is 17.2 Å². The largest absolute Gasteiger partial charge is 0.497 e. The summed E-state index contributed by atoms with van der Waals surface area (Å²) in [5.74, 6) is 1.44. The van der Waals surface area contributed by atoms with Gasteiger partial charge in [0.15, 0.2) is 11.5 Å². The maximum Gasteiger partial charge on any atom is 0.251 e. The molecule has 3 aromatic carbocycles. The molecule has 0 saturated heterocycles. The third kappa shape index (κ3) is 4.71. The van der Waals surface area contributed by atoms with E-state index in [0.717, 1.165) is 16.9 Å². The first-order chi connectivity index (χ1) is 14.6. The van der Waals surface area contributed by atoms with Crippen molar-refractivity contribution in [3.8, 4) is 17.2 Å². The topological polar surface area (TPSA) is 56.8 Å². The second kappa shape index (κ2) is 8.86. The van der Waals surface area contributed by atoms with Gasteiger partial charge < -0.3 is 19.5 Å². The third-order valence-corrected chi connectivity index (χ3v) is 4.98. The molecular formula is C24H22FNO4. The number of halogens is 1. The van der Waals surface area contributed by atoms with Crippen LogP contribution in [0.4, 0.5) is 4.39 Å². The number of rotatable bonds is 7. The molecule has 30 heavy (non-hydrogen) atoms. The summed E-state index contributed by atoms with van der Waals surface area (Å²) in [6.45, 7) is 0.213. The van der Waals surface area contributed by atoms with Crippen LogP contribution in [0.25, 0.3) is 0 Å². The van der Waals surface area contributed by atoms with Crippen molar-refractivity contribution in [1.82, 2.24) is 5.32 Å². The van der Waals surface area contributed by atoms with E-state index in [1.165, 1.54) is 18.2 Å². The SMILES string of the molecule is COc1ccc(CC(Cc2ccc3c(c2)OCO3)NC(=O)c2cccc(F)c2)cc1. The first-order valence-corrected chi connectivity index (χ1v) is 9.68. The summed E-state index contributed by atoms with van der Waals surface area (Å²) in [6, 6.07) is 19.0. The van der Waals surface area contributed by atoms with E-state index in [0.29, 0.717) is 29.9 Å². The number of fused-ring (bicyclic) bond motifs is 1. The fourth-order valence-corrected chi connectivity index (χ4v) is 3.47. The predicted molar refractivity (Wildman–Crippen MR) is 111 cm³/mol. The van der Waals surface area contributed by atoms with Crippen LogP contribution in [0.3, 0.4) is 0 Å². The highest BCUT2D eigenvalue weighted by atomic mass is 19.1. The fourth-order valence-electron chi connectivity index (χ4n) is 3.47. The van der Waals surface area contributed by atoms with Crippen molar-refractivity contribution in [2.75, 3.05) is 13.9 Å². The molecular weight excluding hydrogens is 385 g/mol. The number of ether oxygens (including phenoxy) is 3. The molecule has 154 valence electrons. The second-order valence-corrected chi connectivity index (χ2v) is 7.12. The lowest BCUT2D eigenvalue weighted by Crippen LogP contribution is -2.38. The van der Waals surface area contributed by atoms with Gasteiger partial charge in [0.25, 0.3) is 5.91 Å². The Morgan fingerprint density at radius 2 is 1.73 bits per heavy atom. The number of amides is 1. The second-order valence-electron chi connectivity index (χ2n) is 7.12. The van der Waals surface area contributed by atoms with E-state index in [1.807, 2.05) is 42.5 Å². The Labute approximate surface area is 174 Å². The monoisotopic (exact) mass is 407 g/mol. The molecule has 0 bridgehead atoms. The van der Waals surface area contributed by atoms with Crippen molar-refractivity contribution >= 4 is 5.91 Å². The number of methoxy groups -OCH3 is 1. The van der Waals surface area contributed by atoms with E-state index in [4.69, 9.17) is 14.2 Å². The molecule has 0 radical (unpaired) electrons. The molecule has 1 amide bonds. The van der Waals surface area contributed by atoms with Crippen molar-refractivity contribution < 1.29 is 23.4 Å². The molecule has 1 atom stereocenters. The van der Waals surface area contributed by atoms with E-state index in [9.17, 15) is 9.18 Å². The Balaban J connectivity index is 1.54. The zero-order valence-electron chi connectivity index (χ0n) is 16.6. The summed E-state index contributed by atoms with van der Waals surface area (Å²) in [5.41, 5.74) is 2.36. The minimum Gasteiger partial charge on any atom is -0.497 e. The standard InChI is InChI=1S/C24H22FNO4/c1-28-21-8-5-16(6-9-21)11-20(26-24(27)18-3-2-4-19(25)14-18)12-17-7-10-22-23(13-17)30-15-29-22/h2-10,13-14,20H,11-12,15H2,1H3,(H,26,27). The van der Waals surface area contributed by atoms with E-state index in [2.05, 4.69) is 5.32 Å². The molecule has 0 fully saturated rings. The van der Waals surface area contributed by atoms with Crippen LogP contribution < -0.4 is 19.5 Å². The Hall–Kier alpha value is -3.54. The number of benzene rings is 3. The molecule has 6 heteroatoms. The zero-order chi connectivity index (χ0) is 20.9. The molecule has 3 aromatic rings. The molecule has 1 unspecified atom stereocenters. The Bertz CT molecular complexity index is 1040. The van der Waals surface area contributed by atoms with Gasteiger partial charge in [-0.1, -0.05) is 24.3 Å². The van der Waals surface area contributed by atoms with Crippen molar-refractivity contribution in [2.24, 2.45) is 0 Å². The number of carbonyl (C=O) groups excluding carboxylic acids is 1. The summed E-state index contributed by atoms with van der Waals surface area (Å²) in [4.78, 5) is 12.7. The van der Waals surface area contributed by atoms with Gasteiger partial charge in [0, 0.05) is 11.6 Å². The lowest BCUT2D eigenvalue weighted by atomic mass is 9.98. The third-order valence-electron chi connectivity index (χ3n) is 4.98. The van der Waals surface area contributed by atoms with Gasteiger partial charge >= 0.3 is 0 Å². The Kier molecular flexibility index (Phi) is 5.84. The van der Waals surface area contributed by atoms with E-state index in [-0.39, 0.29) is 18.7 Å². The van der Waals surface area contributed by atoms with Crippen LogP contribution in [0, 0.1) is 5.82 Å². The van der Waals surface area contributed by atoms with Gasteiger partial charge in [-0.05, 0) is 66.4 Å². The average Bonchev–Trinajstić information content (AvgIpc) is 3.22. The summed E-state index contributed by atoms with van der Waals surface area (Å²) in [6.07, 6.45) is 1.20. The molecule has 1 aliphatic rings. The summed E-state index contributed by atoms with van der Waals surface area (Å²) < 4.78 is 29.6. The van der Waals surface area contributed by atoms with Crippen LogP contribution in [0.1, 0.15) is 21.5 Å². The smallest absolute Gasteiger partial charge is 0.251 e. The quantitative estimate of drug-likeness (QED) is 0.639. The Morgan fingerprint density at radius 3 is 2.50 bits per heavy atom. The molecule has 0 saturated carbocycles. The summed E-state index contributed by atoms with van der Waals surface area (Å²) >= 11 is 0. The van der Waals surface area contributed by atoms with E-state index in [1.54, 1.807) is 13.2 Å². The van der Waals surface area contributed by atoms with Crippen molar-refractivity contribution in [3.05, 3.63) is 89.2 Å². The van der Waals surface area contributed by atoms with Gasteiger partial charge in [0.05, 0.1) is 7.11 Å². The number of hydrogen-bond acceptors (Lipinski definition) is 4. The zero-order valence-corrected chi connectivity index (χ0v) is 16.6.